The van der Waals surface area contributed by atoms with Crippen molar-refractivity contribution in [3.63, 3.8) is 0 Å². The molecule has 4 saturated carbocycles. The van der Waals surface area contributed by atoms with Gasteiger partial charge >= 0.3 is 5.97 Å². The van der Waals surface area contributed by atoms with E-state index in [0.29, 0.717) is 57.8 Å². The van der Waals surface area contributed by atoms with Gasteiger partial charge in [0, 0.05) is 32.6 Å². The molecular formula is C44H64N2O3. The third-order valence-corrected chi connectivity index (χ3v) is 16.7. The van der Waals surface area contributed by atoms with Crippen molar-refractivity contribution >= 4 is 17.4 Å². The van der Waals surface area contributed by atoms with E-state index < -0.39 is 5.97 Å². The van der Waals surface area contributed by atoms with Gasteiger partial charge in [0.05, 0.1) is 5.56 Å². The minimum absolute atomic E-state index is 0.0247. The van der Waals surface area contributed by atoms with Crippen molar-refractivity contribution in [1.29, 1.82) is 0 Å². The summed E-state index contributed by atoms with van der Waals surface area (Å²) in [6.07, 6.45) is 17.0. The molecule has 2 N–H and O–H groups in total. The third kappa shape index (κ3) is 5.32. The Morgan fingerprint density at radius 2 is 1.61 bits per heavy atom. The minimum atomic E-state index is -0.862. The van der Waals surface area contributed by atoms with E-state index in [9.17, 15) is 14.7 Å². The molecule has 49 heavy (non-hydrogen) atoms. The first kappa shape index (κ1) is 35.0. The third-order valence-electron chi connectivity index (χ3n) is 16.7. The van der Waals surface area contributed by atoms with Crippen LogP contribution in [0.3, 0.4) is 0 Å². The highest BCUT2D eigenvalue weighted by Gasteiger charge is 2.70. The van der Waals surface area contributed by atoms with Crippen molar-refractivity contribution in [1.82, 2.24) is 10.2 Å². The zero-order valence-electron chi connectivity index (χ0n) is 31.5. The van der Waals surface area contributed by atoms with Gasteiger partial charge in [-0.25, -0.2) is 4.79 Å². The lowest BCUT2D eigenvalue weighted by atomic mass is 9.32. The molecule has 0 radical (unpaired) electrons. The first-order valence-electron chi connectivity index (χ1n) is 19.9. The number of aromatic carboxylic acids is 1. The predicted octanol–water partition coefficient (Wildman–Crippen LogP) is 9.64. The second kappa shape index (κ2) is 12.4. The summed E-state index contributed by atoms with van der Waals surface area (Å²) in [6.45, 7) is 23.7. The molecule has 1 aromatic rings. The Bertz CT molecular complexity index is 1500. The summed E-state index contributed by atoms with van der Waals surface area (Å²) >= 11 is 0. The van der Waals surface area contributed by atoms with Crippen molar-refractivity contribution < 1.29 is 14.7 Å². The Labute approximate surface area is 296 Å². The van der Waals surface area contributed by atoms with Gasteiger partial charge in [-0.1, -0.05) is 65.0 Å². The van der Waals surface area contributed by atoms with E-state index >= 15 is 0 Å². The van der Waals surface area contributed by atoms with Crippen LogP contribution in [0, 0.1) is 56.7 Å². The van der Waals surface area contributed by atoms with Gasteiger partial charge < -0.3 is 15.3 Å². The smallest absolute Gasteiger partial charge is 0.335 e. The number of carboxylic acid groups (broad SMARTS) is 1. The summed E-state index contributed by atoms with van der Waals surface area (Å²) < 4.78 is 0. The number of benzene rings is 1. The van der Waals surface area contributed by atoms with Crippen LogP contribution in [-0.2, 0) is 4.79 Å². The molecule has 6 aliphatic rings. The summed E-state index contributed by atoms with van der Waals surface area (Å²) in [7, 11) is 0. The van der Waals surface area contributed by atoms with Gasteiger partial charge in [-0.05, 0) is 157 Å². The lowest BCUT2D eigenvalue weighted by Crippen LogP contribution is -2.65. The SMILES string of the molecule is C=C(C)[C@@H]1CC[C@]2(CNCCC(=O)N3CCCC3)CC[C@]3(C)[C@H](CC[C@@H]4[C@@]5(C)CC=C(c6ccc(C(=O)O)cc6)C(C)(C)[C@@H]5CC[C@]43C)[C@@H]12. The summed E-state index contributed by atoms with van der Waals surface area (Å²) in [5, 5.41) is 13.4. The van der Waals surface area contributed by atoms with Crippen molar-refractivity contribution in [2.24, 2.45) is 56.7 Å². The molecule has 1 aliphatic heterocycles. The molecule has 5 nitrogen and oxygen atoms in total. The molecule has 268 valence electrons. The van der Waals surface area contributed by atoms with Crippen molar-refractivity contribution in [3.8, 4) is 0 Å². The van der Waals surface area contributed by atoms with Crippen LogP contribution in [0.2, 0.25) is 0 Å². The van der Waals surface area contributed by atoms with Crippen LogP contribution in [0.5, 0.6) is 0 Å². The number of amides is 1. The molecule has 0 aromatic heterocycles. The highest BCUT2D eigenvalue weighted by Crippen LogP contribution is 2.77. The summed E-state index contributed by atoms with van der Waals surface area (Å²) in [4.78, 5) is 26.4. The lowest BCUT2D eigenvalue weighted by Gasteiger charge is -2.72. The fourth-order valence-electron chi connectivity index (χ4n) is 14.1. The fourth-order valence-corrected chi connectivity index (χ4v) is 14.1. The van der Waals surface area contributed by atoms with Crippen LogP contribution < -0.4 is 5.32 Å². The zero-order chi connectivity index (χ0) is 35.0. The molecule has 0 spiro atoms. The highest BCUT2D eigenvalue weighted by molar-refractivity contribution is 5.88. The second-order valence-corrected chi connectivity index (χ2v) is 19.0. The van der Waals surface area contributed by atoms with E-state index in [1.54, 1.807) is 12.1 Å². The number of hydrogen-bond acceptors (Lipinski definition) is 3. The average Bonchev–Trinajstić information content (AvgIpc) is 3.73. The Morgan fingerprint density at radius 1 is 0.898 bits per heavy atom. The lowest BCUT2D eigenvalue weighted by molar-refractivity contribution is -0.225. The molecular weight excluding hydrogens is 604 g/mol. The number of hydrogen-bond donors (Lipinski definition) is 2. The molecule has 1 heterocycles. The minimum Gasteiger partial charge on any atom is -0.478 e. The molecule has 1 aromatic carbocycles. The summed E-state index contributed by atoms with van der Waals surface area (Å²) in [6, 6.07) is 7.62. The molecule has 1 amide bonds. The van der Waals surface area contributed by atoms with Crippen molar-refractivity contribution in [2.75, 3.05) is 26.2 Å². The number of nitrogens with zero attached hydrogens (tertiary/aromatic N) is 1. The number of rotatable bonds is 8. The maximum Gasteiger partial charge on any atom is 0.335 e. The second-order valence-electron chi connectivity index (χ2n) is 19.0. The largest absolute Gasteiger partial charge is 0.478 e. The number of carbonyl (C=O) groups excluding carboxylic acids is 1. The van der Waals surface area contributed by atoms with Crippen molar-refractivity contribution in [2.45, 2.75) is 119 Å². The van der Waals surface area contributed by atoms with E-state index in [0.717, 1.165) is 51.4 Å². The normalized spacial score (nSPS) is 40.8. The number of likely N-dealkylation sites (tertiary alicyclic amines) is 1. The van der Waals surface area contributed by atoms with E-state index in [-0.39, 0.29) is 10.8 Å². The molecule has 7 rings (SSSR count). The topological polar surface area (TPSA) is 69.6 Å². The first-order chi connectivity index (χ1) is 23.2. The van der Waals surface area contributed by atoms with E-state index in [1.807, 2.05) is 12.1 Å². The van der Waals surface area contributed by atoms with Gasteiger partial charge in [-0.2, -0.15) is 0 Å². The molecule has 0 unspecified atom stereocenters. The van der Waals surface area contributed by atoms with Crippen LogP contribution in [0.15, 0.2) is 42.5 Å². The Hall–Kier alpha value is -2.40. The number of carboxylic acids is 1. The molecule has 5 fully saturated rings. The maximum atomic E-state index is 12.8. The standard InChI is InChI=1S/C44H64N2O3/c1-29(2)32-16-22-44(28-45-25-19-37(47)46-26-8-9-27-46)24-23-42(6)34(38(32)44)14-15-36-41(5)20-17-33(30-10-12-31(13-11-30)39(48)49)40(3,4)35(41)18-21-43(36,42)7/h10-13,17,32,34-36,38,45H,1,8-9,14-16,18-28H2,2-7H3,(H,48,49)/t32-,34+,35-,36+,38+,41-,42+,43+,44+/m0/s1. The van der Waals surface area contributed by atoms with E-state index in [1.165, 1.54) is 68.1 Å². The Morgan fingerprint density at radius 3 is 2.29 bits per heavy atom. The fraction of sp³-hybridized carbons (Fsp3) is 0.727. The quantitative estimate of drug-likeness (QED) is 0.214. The molecule has 0 bridgehead atoms. The van der Waals surface area contributed by atoms with Gasteiger partial charge in [0.2, 0.25) is 5.91 Å². The van der Waals surface area contributed by atoms with Crippen molar-refractivity contribution in [3.05, 3.63) is 53.6 Å². The predicted molar refractivity (Wildman–Crippen MR) is 199 cm³/mol. The average molecular weight is 669 g/mol. The molecule has 1 saturated heterocycles. The maximum absolute atomic E-state index is 12.8. The van der Waals surface area contributed by atoms with E-state index in [2.05, 4.69) is 64.4 Å². The van der Waals surface area contributed by atoms with Crippen LogP contribution in [0.25, 0.3) is 5.57 Å². The molecule has 5 heteroatoms. The van der Waals surface area contributed by atoms with Gasteiger partial charge in [0.1, 0.15) is 0 Å². The van der Waals surface area contributed by atoms with Crippen LogP contribution in [-0.4, -0.2) is 48.1 Å². The van der Waals surface area contributed by atoms with Crippen LogP contribution in [0.4, 0.5) is 0 Å². The van der Waals surface area contributed by atoms with Gasteiger partial charge in [-0.3, -0.25) is 4.79 Å². The number of fused-ring (bicyclic) bond motifs is 7. The van der Waals surface area contributed by atoms with E-state index in [4.69, 9.17) is 0 Å². The van der Waals surface area contributed by atoms with Gasteiger partial charge in [-0.15, -0.1) is 0 Å². The molecule has 9 atom stereocenters. The summed E-state index contributed by atoms with van der Waals surface area (Å²) in [5.74, 6) is 2.77. The summed E-state index contributed by atoms with van der Waals surface area (Å²) in [5.41, 5.74) is 5.54. The van der Waals surface area contributed by atoms with Crippen LogP contribution >= 0.6 is 0 Å². The monoisotopic (exact) mass is 668 g/mol. The number of allylic oxidation sites excluding steroid dienone is 3. The van der Waals surface area contributed by atoms with Gasteiger partial charge in [0.15, 0.2) is 0 Å². The Kier molecular flexibility index (Phi) is 8.85. The highest BCUT2D eigenvalue weighted by atomic mass is 16.4. The first-order valence-corrected chi connectivity index (χ1v) is 19.9. The number of carbonyl (C=O) groups is 2. The van der Waals surface area contributed by atoms with Gasteiger partial charge in [0.25, 0.3) is 0 Å². The zero-order valence-corrected chi connectivity index (χ0v) is 31.5. The molecule has 5 aliphatic carbocycles. The van der Waals surface area contributed by atoms with Crippen LogP contribution in [0.1, 0.15) is 135 Å². The number of nitrogens with one attached hydrogen (secondary N) is 1. The Balaban J connectivity index is 1.13.